The number of amides is 1. The molecule has 0 atom stereocenters. The van der Waals surface area contributed by atoms with Gasteiger partial charge in [-0.25, -0.2) is 10.4 Å². The Morgan fingerprint density at radius 2 is 2.00 bits per heavy atom. The van der Waals surface area contributed by atoms with Crippen LogP contribution in [0.1, 0.15) is 11.1 Å². The van der Waals surface area contributed by atoms with Crippen molar-refractivity contribution in [3.05, 3.63) is 65.7 Å². The normalized spacial score (nSPS) is 11.1. The van der Waals surface area contributed by atoms with Crippen molar-refractivity contribution in [3.8, 4) is 5.75 Å². The van der Waals surface area contributed by atoms with Crippen molar-refractivity contribution in [2.45, 2.75) is 11.9 Å². The molecule has 126 valence electrons. The summed E-state index contributed by atoms with van der Waals surface area (Å²) in [5.74, 6) is 0.223. The van der Waals surface area contributed by atoms with E-state index >= 15 is 0 Å². The molecule has 0 fully saturated rings. The third-order valence-corrected chi connectivity index (χ3v) is 4.46. The molecule has 0 unspecified atom stereocenters. The molecule has 0 radical (unpaired) electrons. The predicted octanol–water partition coefficient (Wildman–Crippen LogP) is 3.49. The zero-order valence-corrected chi connectivity index (χ0v) is 14.5. The highest BCUT2D eigenvalue weighted by molar-refractivity contribution is 7.99. The van der Waals surface area contributed by atoms with Crippen molar-refractivity contribution >= 4 is 34.8 Å². The van der Waals surface area contributed by atoms with E-state index in [-0.39, 0.29) is 17.4 Å². The first-order valence-electron chi connectivity index (χ1n) is 7.72. The van der Waals surface area contributed by atoms with E-state index in [4.69, 9.17) is 0 Å². The van der Waals surface area contributed by atoms with Gasteiger partial charge < -0.3 is 5.11 Å². The van der Waals surface area contributed by atoms with Crippen LogP contribution in [0.2, 0.25) is 0 Å². The number of phenolic OH excluding ortho intramolecular Hbond substituents is 1. The molecule has 2 aromatic carbocycles. The first-order chi connectivity index (χ1) is 12.1. The number of nitrogens with one attached hydrogen (secondary N) is 1. The number of nitrogens with zero attached hydrogens (tertiary/aromatic N) is 2. The van der Waals surface area contributed by atoms with E-state index in [1.807, 2.05) is 37.3 Å². The summed E-state index contributed by atoms with van der Waals surface area (Å²) in [6.45, 7) is 2.04. The van der Waals surface area contributed by atoms with Crippen LogP contribution in [0.25, 0.3) is 10.9 Å². The van der Waals surface area contributed by atoms with E-state index < -0.39 is 0 Å². The molecule has 25 heavy (non-hydrogen) atoms. The molecule has 0 aliphatic carbocycles. The number of hydrogen-bond donors (Lipinski definition) is 2. The van der Waals surface area contributed by atoms with Gasteiger partial charge in [-0.1, -0.05) is 30.0 Å². The lowest BCUT2D eigenvalue weighted by atomic mass is 10.1. The number of phenols is 1. The molecular formula is C19H17N3O2S. The molecule has 3 aromatic rings. The van der Waals surface area contributed by atoms with Crippen molar-refractivity contribution < 1.29 is 9.90 Å². The molecule has 6 heteroatoms. The molecule has 1 amide bonds. The minimum absolute atomic E-state index is 0.191. The number of aromatic nitrogens is 1. The van der Waals surface area contributed by atoms with Crippen LogP contribution in [-0.4, -0.2) is 28.0 Å². The number of hydrogen-bond acceptors (Lipinski definition) is 5. The van der Waals surface area contributed by atoms with E-state index in [0.29, 0.717) is 0 Å². The smallest absolute Gasteiger partial charge is 0.250 e. The van der Waals surface area contributed by atoms with Crippen LogP contribution < -0.4 is 5.43 Å². The van der Waals surface area contributed by atoms with Gasteiger partial charge >= 0.3 is 0 Å². The minimum atomic E-state index is -0.201. The lowest BCUT2D eigenvalue weighted by Gasteiger charge is -2.05. The van der Waals surface area contributed by atoms with Crippen LogP contribution in [0.3, 0.4) is 0 Å². The van der Waals surface area contributed by atoms with Gasteiger partial charge in [0.1, 0.15) is 5.75 Å². The second-order valence-electron chi connectivity index (χ2n) is 5.47. The number of aromatic hydroxyl groups is 1. The fourth-order valence-corrected chi connectivity index (χ4v) is 3.07. The maximum Gasteiger partial charge on any atom is 0.250 e. The third-order valence-electron chi connectivity index (χ3n) is 3.55. The minimum Gasteiger partial charge on any atom is -0.508 e. The molecule has 0 aliphatic rings. The summed E-state index contributed by atoms with van der Waals surface area (Å²) >= 11 is 1.38. The maximum atomic E-state index is 11.9. The summed E-state index contributed by atoms with van der Waals surface area (Å²) in [7, 11) is 0. The molecule has 2 N–H and O–H groups in total. The van der Waals surface area contributed by atoms with Gasteiger partial charge in [0.25, 0.3) is 0 Å². The van der Waals surface area contributed by atoms with Gasteiger partial charge in [0, 0.05) is 5.39 Å². The summed E-state index contributed by atoms with van der Waals surface area (Å²) in [6.07, 6.45) is 1.53. The van der Waals surface area contributed by atoms with Crippen LogP contribution in [0.5, 0.6) is 5.75 Å². The van der Waals surface area contributed by atoms with Gasteiger partial charge in [-0.2, -0.15) is 5.10 Å². The molecule has 0 aliphatic heterocycles. The Hall–Kier alpha value is -2.86. The molecular weight excluding hydrogens is 334 g/mol. The van der Waals surface area contributed by atoms with Gasteiger partial charge in [0.2, 0.25) is 5.91 Å². The number of benzene rings is 2. The van der Waals surface area contributed by atoms with Crippen molar-refractivity contribution in [3.63, 3.8) is 0 Å². The zero-order chi connectivity index (χ0) is 17.6. The van der Waals surface area contributed by atoms with E-state index in [9.17, 15) is 9.90 Å². The van der Waals surface area contributed by atoms with Crippen LogP contribution in [0, 0.1) is 6.92 Å². The molecule has 3 rings (SSSR count). The highest BCUT2D eigenvalue weighted by Gasteiger charge is 2.06. The quantitative estimate of drug-likeness (QED) is 0.419. The number of aryl methyl sites for hydroxylation is 1. The second kappa shape index (κ2) is 7.81. The summed E-state index contributed by atoms with van der Waals surface area (Å²) in [5, 5.41) is 15.1. The molecule has 1 aromatic heterocycles. The number of rotatable bonds is 5. The maximum absolute atomic E-state index is 11.9. The fourth-order valence-electron chi connectivity index (χ4n) is 2.30. The molecule has 0 saturated carbocycles. The fraction of sp³-hybridized carbons (Fsp3) is 0.105. The number of hydrazone groups is 1. The topological polar surface area (TPSA) is 74.6 Å². The SMILES string of the molecule is Cc1cc(SCC(=O)NN=Cc2ccc(O)cc2)nc2ccccc12. The predicted molar refractivity (Wildman–Crippen MR) is 101 cm³/mol. The summed E-state index contributed by atoms with van der Waals surface area (Å²) in [5.41, 5.74) is 5.34. The van der Waals surface area contributed by atoms with E-state index in [1.54, 1.807) is 24.3 Å². The number of para-hydroxylation sites is 1. The summed E-state index contributed by atoms with van der Waals surface area (Å²) in [4.78, 5) is 16.5. The van der Waals surface area contributed by atoms with Gasteiger partial charge in [-0.15, -0.1) is 0 Å². The Morgan fingerprint density at radius 1 is 1.24 bits per heavy atom. The lowest BCUT2D eigenvalue weighted by Crippen LogP contribution is -2.19. The Morgan fingerprint density at radius 3 is 2.80 bits per heavy atom. The van der Waals surface area contributed by atoms with Crippen molar-refractivity contribution in [1.29, 1.82) is 0 Å². The average Bonchev–Trinajstić information content (AvgIpc) is 2.62. The van der Waals surface area contributed by atoms with Crippen molar-refractivity contribution in [2.75, 3.05) is 5.75 Å². The number of fused-ring (bicyclic) bond motifs is 1. The number of pyridine rings is 1. The van der Waals surface area contributed by atoms with E-state index in [0.717, 1.165) is 27.1 Å². The third kappa shape index (κ3) is 4.58. The zero-order valence-electron chi connectivity index (χ0n) is 13.6. The monoisotopic (exact) mass is 351 g/mol. The van der Waals surface area contributed by atoms with Crippen molar-refractivity contribution in [2.24, 2.45) is 5.10 Å². The Labute approximate surface area is 149 Å². The molecule has 0 bridgehead atoms. The largest absolute Gasteiger partial charge is 0.508 e. The van der Waals surface area contributed by atoms with Crippen LogP contribution >= 0.6 is 11.8 Å². The highest BCUT2D eigenvalue weighted by atomic mass is 32.2. The van der Waals surface area contributed by atoms with E-state index in [2.05, 4.69) is 15.5 Å². The van der Waals surface area contributed by atoms with Crippen molar-refractivity contribution in [1.82, 2.24) is 10.4 Å². The Kier molecular flexibility index (Phi) is 5.30. The Balaban J connectivity index is 1.56. The lowest BCUT2D eigenvalue weighted by molar-refractivity contribution is -0.118. The number of carbonyl (C=O) groups excluding carboxylic acids is 1. The number of thioether (sulfide) groups is 1. The molecule has 0 saturated heterocycles. The molecule has 1 heterocycles. The molecule has 5 nitrogen and oxygen atoms in total. The van der Waals surface area contributed by atoms with Gasteiger partial charge in [0.15, 0.2) is 0 Å². The molecule has 0 spiro atoms. The van der Waals surface area contributed by atoms with Crippen LogP contribution in [0.15, 0.2) is 64.7 Å². The first kappa shape index (κ1) is 17.0. The second-order valence-corrected chi connectivity index (χ2v) is 6.46. The van der Waals surface area contributed by atoms with Gasteiger partial charge in [0.05, 0.1) is 22.5 Å². The average molecular weight is 351 g/mol. The van der Waals surface area contributed by atoms with E-state index in [1.165, 1.54) is 18.0 Å². The first-order valence-corrected chi connectivity index (χ1v) is 8.70. The highest BCUT2D eigenvalue weighted by Crippen LogP contribution is 2.23. The summed E-state index contributed by atoms with van der Waals surface area (Å²) < 4.78 is 0. The Bertz CT molecular complexity index is 924. The van der Waals surface area contributed by atoms with Crippen LogP contribution in [0.4, 0.5) is 0 Å². The van der Waals surface area contributed by atoms with Crippen LogP contribution in [-0.2, 0) is 4.79 Å². The number of carbonyl (C=O) groups is 1. The standard InChI is InChI=1S/C19H17N3O2S/c1-13-10-19(21-17-5-3-2-4-16(13)17)25-12-18(24)22-20-11-14-6-8-15(23)9-7-14/h2-11,23H,12H2,1H3,(H,22,24). The van der Waals surface area contributed by atoms with Gasteiger partial charge in [-0.05, 0) is 54.4 Å². The summed E-state index contributed by atoms with van der Waals surface area (Å²) in [6, 6.07) is 16.5. The van der Waals surface area contributed by atoms with Gasteiger partial charge in [-0.3, -0.25) is 4.79 Å².